The Morgan fingerprint density at radius 1 is 1.10 bits per heavy atom. The maximum atomic E-state index is 12.9. The molecule has 1 saturated heterocycles. The second kappa shape index (κ2) is 9.38. The molecule has 2 aromatic carbocycles. The second-order valence-corrected chi connectivity index (χ2v) is 7.72. The van der Waals surface area contributed by atoms with Gasteiger partial charge in [0.05, 0.1) is 5.56 Å². The number of anilines is 1. The molecule has 31 heavy (non-hydrogen) atoms. The number of hydrogen-bond donors (Lipinski definition) is 3. The van der Waals surface area contributed by atoms with Gasteiger partial charge in [0, 0.05) is 23.8 Å². The van der Waals surface area contributed by atoms with Crippen LogP contribution in [-0.2, 0) is 6.18 Å². The zero-order valence-corrected chi connectivity index (χ0v) is 17.1. The van der Waals surface area contributed by atoms with Gasteiger partial charge < -0.3 is 16.4 Å². The lowest BCUT2D eigenvalue weighted by Crippen LogP contribution is -2.41. The molecule has 4 N–H and O–H groups in total. The number of hydrogen-bond acceptors (Lipinski definition) is 3. The molecule has 0 radical (unpaired) electrons. The number of halogens is 3. The molecule has 1 aliphatic heterocycles. The highest BCUT2D eigenvalue weighted by Gasteiger charge is 2.33. The van der Waals surface area contributed by atoms with Crippen LogP contribution in [0.3, 0.4) is 0 Å². The van der Waals surface area contributed by atoms with E-state index in [-0.39, 0.29) is 17.9 Å². The number of carbonyl (C=O) groups is 2. The Labute approximate surface area is 178 Å². The van der Waals surface area contributed by atoms with Crippen LogP contribution in [0.15, 0.2) is 48.5 Å². The molecule has 1 fully saturated rings. The molecule has 1 heterocycles. The summed E-state index contributed by atoms with van der Waals surface area (Å²) in [7, 11) is 1.95. The summed E-state index contributed by atoms with van der Waals surface area (Å²) < 4.78 is 38.7. The Bertz CT molecular complexity index is 914. The number of carbonyl (C=O) groups excluding carboxylic acids is 2. The number of likely N-dealkylation sites (tertiary alicyclic amines) is 1. The predicted octanol–water partition coefficient (Wildman–Crippen LogP) is 4.01. The first-order valence-corrected chi connectivity index (χ1v) is 9.97. The lowest BCUT2D eigenvalue weighted by atomic mass is 9.84. The van der Waals surface area contributed by atoms with Crippen LogP contribution < -0.4 is 16.4 Å². The summed E-state index contributed by atoms with van der Waals surface area (Å²) in [5.41, 5.74) is 6.12. The van der Waals surface area contributed by atoms with Crippen LogP contribution in [0.5, 0.6) is 0 Å². The number of nitrogens with two attached hydrogens (primary N) is 1. The molecule has 0 spiro atoms. The topological polar surface area (TPSA) is 87.5 Å². The Morgan fingerprint density at radius 3 is 2.32 bits per heavy atom. The molecule has 0 bridgehead atoms. The van der Waals surface area contributed by atoms with E-state index < -0.39 is 17.8 Å². The van der Waals surface area contributed by atoms with Gasteiger partial charge in [0.2, 0.25) is 0 Å². The van der Waals surface area contributed by atoms with E-state index in [9.17, 15) is 22.8 Å². The van der Waals surface area contributed by atoms with E-state index in [0.717, 1.165) is 37.1 Å². The molecular formula is C22H25F3N4O2. The summed E-state index contributed by atoms with van der Waals surface area (Å²) in [6.07, 6.45) is -2.56. The van der Waals surface area contributed by atoms with Crippen molar-refractivity contribution in [1.29, 1.82) is 0 Å². The first-order valence-electron chi connectivity index (χ1n) is 9.97. The Morgan fingerprint density at radius 2 is 1.74 bits per heavy atom. The third-order valence-electron chi connectivity index (χ3n) is 5.53. The Balaban J connectivity index is 1.67. The number of primary amides is 1. The van der Waals surface area contributed by atoms with E-state index >= 15 is 0 Å². The number of alkyl halides is 3. The molecule has 2 atom stereocenters. The summed E-state index contributed by atoms with van der Waals surface area (Å²) in [5, 5.41) is 5.36. The Hall–Kier alpha value is -3.07. The fourth-order valence-corrected chi connectivity index (χ4v) is 4.04. The predicted molar refractivity (Wildman–Crippen MR) is 112 cm³/mol. The molecule has 166 valence electrons. The smallest absolute Gasteiger partial charge is 0.352 e. The van der Waals surface area contributed by atoms with Gasteiger partial charge in [-0.3, -0.25) is 9.69 Å². The highest BCUT2D eigenvalue weighted by atomic mass is 19.4. The molecule has 1 aliphatic rings. The van der Waals surface area contributed by atoms with Crippen LogP contribution in [-0.4, -0.2) is 37.0 Å². The second-order valence-electron chi connectivity index (χ2n) is 7.72. The van der Waals surface area contributed by atoms with Crippen LogP contribution in [0.2, 0.25) is 0 Å². The minimum Gasteiger partial charge on any atom is -0.352 e. The lowest BCUT2D eigenvalue weighted by Gasteiger charge is -2.39. The lowest BCUT2D eigenvalue weighted by molar-refractivity contribution is -0.137. The highest BCUT2D eigenvalue weighted by molar-refractivity contribution is 5.95. The van der Waals surface area contributed by atoms with Crippen molar-refractivity contribution >= 4 is 17.6 Å². The number of rotatable bonds is 5. The molecule has 3 rings (SSSR count). The van der Waals surface area contributed by atoms with Gasteiger partial charge in [0.15, 0.2) is 0 Å². The van der Waals surface area contributed by atoms with E-state index in [4.69, 9.17) is 5.73 Å². The van der Waals surface area contributed by atoms with Crippen LogP contribution in [0.1, 0.15) is 40.4 Å². The van der Waals surface area contributed by atoms with Gasteiger partial charge in [0.25, 0.3) is 5.91 Å². The molecular weight excluding hydrogens is 409 g/mol. The van der Waals surface area contributed by atoms with Gasteiger partial charge in [-0.2, -0.15) is 13.2 Å². The van der Waals surface area contributed by atoms with E-state index in [1.807, 2.05) is 7.05 Å². The van der Waals surface area contributed by atoms with Gasteiger partial charge in [-0.15, -0.1) is 0 Å². The summed E-state index contributed by atoms with van der Waals surface area (Å²) in [6.45, 7) is 1.24. The van der Waals surface area contributed by atoms with Crippen molar-refractivity contribution in [3.63, 3.8) is 0 Å². The molecule has 0 aliphatic carbocycles. The molecule has 0 aromatic heterocycles. The van der Waals surface area contributed by atoms with Crippen molar-refractivity contribution in [2.75, 3.05) is 25.5 Å². The maximum Gasteiger partial charge on any atom is 0.416 e. The highest BCUT2D eigenvalue weighted by Crippen LogP contribution is 2.36. The van der Waals surface area contributed by atoms with Crippen molar-refractivity contribution in [3.05, 3.63) is 65.2 Å². The standard InChI is InChI=1S/C22H25F3N4O2/c1-29-12-2-3-16(19(29)14-4-8-17(9-5-14)22(23,24)25)13-27-20(30)15-6-10-18(11-7-15)28-21(26)31/h4-11,16,19H,2-3,12-13H2,1H3,(H,27,30)(H3,26,28,31). The molecule has 6 nitrogen and oxygen atoms in total. The minimum absolute atomic E-state index is 0.0650. The van der Waals surface area contributed by atoms with Crippen molar-refractivity contribution in [2.45, 2.75) is 25.1 Å². The van der Waals surface area contributed by atoms with Crippen molar-refractivity contribution in [2.24, 2.45) is 11.7 Å². The first kappa shape index (κ1) is 22.6. The van der Waals surface area contributed by atoms with E-state index in [1.54, 1.807) is 24.3 Å². The number of nitrogens with zero attached hydrogens (tertiary/aromatic N) is 1. The molecule has 2 unspecified atom stereocenters. The van der Waals surface area contributed by atoms with Crippen molar-refractivity contribution in [1.82, 2.24) is 10.2 Å². The van der Waals surface area contributed by atoms with Crippen molar-refractivity contribution < 1.29 is 22.8 Å². The molecule has 0 saturated carbocycles. The van der Waals surface area contributed by atoms with Gasteiger partial charge in [-0.1, -0.05) is 12.1 Å². The minimum atomic E-state index is -4.37. The molecule has 9 heteroatoms. The van der Waals surface area contributed by atoms with E-state index in [1.165, 1.54) is 12.1 Å². The summed E-state index contributed by atoms with van der Waals surface area (Å²) in [5.74, 6) is -0.194. The van der Waals surface area contributed by atoms with Gasteiger partial charge in [-0.05, 0) is 74.3 Å². The third-order valence-corrected chi connectivity index (χ3v) is 5.53. The van der Waals surface area contributed by atoms with E-state index in [0.29, 0.717) is 17.8 Å². The van der Waals surface area contributed by atoms with Crippen LogP contribution >= 0.6 is 0 Å². The summed E-state index contributed by atoms with van der Waals surface area (Å²) >= 11 is 0. The van der Waals surface area contributed by atoms with Crippen LogP contribution in [0.25, 0.3) is 0 Å². The van der Waals surface area contributed by atoms with Gasteiger partial charge in [-0.25, -0.2) is 4.79 Å². The number of nitrogens with one attached hydrogen (secondary N) is 2. The maximum absolute atomic E-state index is 12.9. The summed E-state index contributed by atoms with van der Waals surface area (Å²) in [6, 6.07) is 10.8. The fourth-order valence-electron chi connectivity index (χ4n) is 4.04. The molecule has 3 amide bonds. The van der Waals surface area contributed by atoms with Crippen LogP contribution in [0.4, 0.5) is 23.7 Å². The zero-order valence-electron chi connectivity index (χ0n) is 17.1. The normalized spacial score (nSPS) is 19.6. The number of urea groups is 1. The quantitative estimate of drug-likeness (QED) is 0.665. The Kier molecular flexibility index (Phi) is 6.84. The summed E-state index contributed by atoms with van der Waals surface area (Å²) in [4.78, 5) is 25.5. The average Bonchev–Trinajstić information content (AvgIpc) is 2.71. The van der Waals surface area contributed by atoms with E-state index in [2.05, 4.69) is 15.5 Å². The van der Waals surface area contributed by atoms with Crippen LogP contribution in [0, 0.1) is 5.92 Å². The monoisotopic (exact) mass is 434 g/mol. The van der Waals surface area contributed by atoms with Gasteiger partial charge >= 0.3 is 12.2 Å². The first-order chi connectivity index (χ1) is 14.6. The van der Waals surface area contributed by atoms with Gasteiger partial charge in [0.1, 0.15) is 0 Å². The number of amides is 3. The fraction of sp³-hybridized carbons (Fsp3) is 0.364. The van der Waals surface area contributed by atoms with Crippen molar-refractivity contribution in [3.8, 4) is 0 Å². The SMILES string of the molecule is CN1CCCC(CNC(=O)c2ccc(NC(N)=O)cc2)C1c1ccc(C(F)(F)F)cc1. The number of benzene rings is 2. The molecule has 2 aromatic rings. The average molecular weight is 434 g/mol. The third kappa shape index (κ3) is 5.75. The number of piperidine rings is 1. The zero-order chi connectivity index (χ0) is 22.6. The largest absolute Gasteiger partial charge is 0.416 e.